The van der Waals surface area contributed by atoms with Crippen LogP contribution in [0.5, 0.6) is 17.2 Å². The molecule has 112 valence electrons. The number of benzene rings is 2. The van der Waals surface area contributed by atoms with E-state index >= 15 is 0 Å². The van der Waals surface area contributed by atoms with Gasteiger partial charge >= 0.3 is 0 Å². The van der Waals surface area contributed by atoms with E-state index in [0.29, 0.717) is 11.5 Å². The number of rotatable bonds is 5. The molecule has 0 aliphatic rings. The number of carbonyl (C=O) groups is 1. The third-order valence-electron chi connectivity index (χ3n) is 2.74. The number of hydrogen-bond donors (Lipinski definition) is 0. The lowest BCUT2D eigenvalue weighted by Gasteiger charge is -2.11. The number of halogens is 2. The SMILES string of the molecule is CC(Oc1ccc(Oc2ccc(C#N)cc2F)cc1)C(=O)Cl. The minimum absolute atomic E-state index is 0.0111. The van der Waals surface area contributed by atoms with Gasteiger partial charge < -0.3 is 9.47 Å². The van der Waals surface area contributed by atoms with Crippen molar-refractivity contribution >= 4 is 16.8 Å². The van der Waals surface area contributed by atoms with Gasteiger partial charge in [-0.2, -0.15) is 5.26 Å². The van der Waals surface area contributed by atoms with Crippen molar-refractivity contribution in [1.29, 1.82) is 5.26 Å². The van der Waals surface area contributed by atoms with Gasteiger partial charge in [0.1, 0.15) is 11.5 Å². The van der Waals surface area contributed by atoms with Crippen LogP contribution < -0.4 is 9.47 Å². The standard InChI is InChI=1S/C16H11ClFNO3/c1-10(16(17)20)21-12-3-5-13(6-4-12)22-15-7-2-11(9-19)8-14(15)18/h2-8,10H,1H3. The van der Waals surface area contributed by atoms with Gasteiger partial charge in [0.2, 0.25) is 0 Å². The molecule has 0 saturated heterocycles. The van der Waals surface area contributed by atoms with Gasteiger partial charge in [-0.1, -0.05) is 0 Å². The molecule has 0 heterocycles. The van der Waals surface area contributed by atoms with E-state index in [-0.39, 0.29) is 11.3 Å². The fourth-order valence-electron chi connectivity index (χ4n) is 1.62. The molecule has 22 heavy (non-hydrogen) atoms. The molecule has 0 aliphatic heterocycles. The molecule has 0 aliphatic carbocycles. The van der Waals surface area contributed by atoms with Crippen LogP contribution >= 0.6 is 11.6 Å². The molecule has 2 aromatic carbocycles. The fraction of sp³-hybridized carbons (Fsp3) is 0.125. The highest BCUT2D eigenvalue weighted by Crippen LogP contribution is 2.27. The van der Waals surface area contributed by atoms with E-state index in [9.17, 15) is 9.18 Å². The van der Waals surface area contributed by atoms with Crippen LogP contribution in [0.15, 0.2) is 42.5 Å². The highest BCUT2D eigenvalue weighted by Gasteiger charge is 2.11. The highest BCUT2D eigenvalue weighted by atomic mass is 35.5. The van der Waals surface area contributed by atoms with Crippen LogP contribution in [0.25, 0.3) is 0 Å². The second kappa shape index (κ2) is 6.92. The lowest BCUT2D eigenvalue weighted by molar-refractivity contribution is -0.117. The number of hydrogen-bond acceptors (Lipinski definition) is 4. The first-order valence-electron chi connectivity index (χ1n) is 6.33. The van der Waals surface area contributed by atoms with Gasteiger partial charge in [-0.15, -0.1) is 0 Å². The van der Waals surface area contributed by atoms with Gasteiger partial charge in [0, 0.05) is 0 Å². The average molecular weight is 320 g/mol. The molecular weight excluding hydrogens is 309 g/mol. The normalized spacial score (nSPS) is 11.4. The van der Waals surface area contributed by atoms with Gasteiger partial charge in [-0.05, 0) is 61.0 Å². The molecule has 0 fully saturated rings. The minimum atomic E-state index is -0.760. The second-order valence-electron chi connectivity index (χ2n) is 4.39. The van der Waals surface area contributed by atoms with E-state index in [1.54, 1.807) is 24.3 Å². The third kappa shape index (κ3) is 3.96. The predicted octanol–water partition coefficient (Wildman–Crippen LogP) is 4.02. The van der Waals surface area contributed by atoms with Gasteiger partial charge in [-0.25, -0.2) is 4.39 Å². The maximum Gasteiger partial charge on any atom is 0.262 e. The summed E-state index contributed by atoms with van der Waals surface area (Å²) in [6.45, 7) is 1.53. The maximum atomic E-state index is 13.7. The van der Waals surface area contributed by atoms with Crippen molar-refractivity contribution < 1.29 is 18.7 Å². The lowest BCUT2D eigenvalue weighted by atomic mass is 10.2. The Balaban J connectivity index is 2.08. The first-order chi connectivity index (χ1) is 10.5. The summed E-state index contributed by atoms with van der Waals surface area (Å²) < 4.78 is 24.4. The summed E-state index contributed by atoms with van der Waals surface area (Å²) in [4.78, 5) is 10.9. The van der Waals surface area contributed by atoms with E-state index in [0.717, 1.165) is 6.07 Å². The van der Waals surface area contributed by atoms with Crippen LogP contribution in [-0.2, 0) is 4.79 Å². The Labute approximate surface area is 131 Å². The minimum Gasteiger partial charge on any atom is -0.482 e. The summed E-state index contributed by atoms with van der Waals surface area (Å²) >= 11 is 5.31. The van der Waals surface area contributed by atoms with Crippen molar-refractivity contribution in [2.45, 2.75) is 13.0 Å². The number of nitriles is 1. The van der Waals surface area contributed by atoms with E-state index < -0.39 is 17.2 Å². The molecule has 1 unspecified atom stereocenters. The Bertz CT molecular complexity index is 725. The largest absolute Gasteiger partial charge is 0.482 e. The lowest BCUT2D eigenvalue weighted by Crippen LogP contribution is -2.18. The van der Waals surface area contributed by atoms with Crippen molar-refractivity contribution in [3.8, 4) is 23.3 Å². The quantitative estimate of drug-likeness (QED) is 0.781. The van der Waals surface area contributed by atoms with E-state index in [1.165, 1.54) is 19.1 Å². The molecule has 0 amide bonds. The molecule has 0 aromatic heterocycles. The molecule has 0 N–H and O–H groups in total. The van der Waals surface area contributed by atoms with E-state index in [2.05, 4.69) is 0 Å². The molecule has 6 heteroatoms. The summed E-state index contributed by atoms with van der Waals surface area (Å²) in [7, 11) is 0. The molecule has 0 radical (unpaired) electrons. The zero-order valence-corrected chi connectivity index (χ0v) is 12.3. The van der Waals surface area contributed by atoms with Gasteiger partial charge in [0.05, 0.1) is 11.6 Å². The van der Waals surface area contributed by atoms with Crippen LogP contribution in [0.2, 0.25) is 0 Å². The number of carbonyl (C=O) groups excluding carboxylic acids is 1. The van der Waals surface area contributed by atoms with Crippen molar-refractivity contribution in [2.75, 3.05) is 0 Å². The number of ether oxygens (including phenoxy) is 2. The fourth-order valence-corrected chi connectivity index (χ4v) is 1.66. The molecule has 2 aromatic rings. The summed E-state index contributed by atoms with van der Waals surface area (Å²) in [6, 6.07) is 12.1. The van der Waals surface area contributed by atoms with Crippen molar-refractivity contribution in [1.82, 2.24) is 0 Å². The van der Waals surface area contributed by atoms with Crippen LogP contribution in [0.3, 0.4) is 0 Å². The van der Waals surface area contributed by atoms with Gasteiger partial charge in [0.15, 0.2) is 17.7 Å². The topological polar surface area (TPSA) is 59.3 Å². The molecule has 0 saturated carbocycles. The smallest absolute Gasteiger partial charge is 0.262 e. The van der Waals surface area contributed by atoms with Crippen molar-refractivity contribution in [3.63, 3.8) is 0 Å². The summed E-state index contributed by atoms with van der Waals surface area (Å²) in [5.41, 5.74) is 0.216. The van der Waals surface area contributed by atoms with Crippen molar-refractivity contribution in [3.05, 3.63) is 53.8 Å². The van der Waals surface area contributed by atoms with E-state index in [1.807, 2.05) is 6.07 Å². The maximum absolute atomic E-state index is 13.7. The Morgan fingerprint density at radius 3 is 2.41 bits per heavy atom. The molecule has 2 rings (SSSR count). The summed E-state index contributed by atoms with van der Waals surface area (Å²) in [6.07, 6.45) is -0.760. The average Bonchev–Trinajstić information content (AvgIpc) is 2.51. The molecule has 4 nitrogen and oxygen atoms in total. The monoisotopic (exact) mass is 319 g/mol. The first-order valence-corrected chi connectivity index (χ1v) is 6.71. The molecular formula is C16H11ClFNO3. The molecule has 0 spiro atoms. The van der Waals surface area contributed by atoms with E-state index in [4.69, 9.17) is 26.3 Å². The van der Waals surface area contributed by atoms with Gasteiger partial charge in [-0.3, -0.25) is 4.79 Å². The zero-order valence-electron chi connectivity index (χ0n) is 11.5. The van der Waals surface area contributed by atoms with Gasteiger partial charge in [0.25, 0.3) is 5.24 Å². The third-order valence-corrected chi connectivity index (χ3v) is 3.05. The zero-order chi connectivity index (χ0) is 16.1. The van der Waals surface area contributed by atoms with Crippen LogP contribution in [0.4, 0.5) is 4.39 Å². The van der Waals surface area contributed by atoms with Crippen molar-refractivity contribution in [2.24, 2.45) is 0 Å². The predicted molar refractivity (Wildman–Crippen MR) is 78.6 cm³/mol. The number of nitrogens with zero attached hydrogens (tertiary/aromatic N) is 1. The van der Waals surface area contributed by atoms with Crippen LogP contribution in [0.1, 0.15) is 12.5 Å². The Morgan fingerprint density at radius 2 is 1.86 bits per heavy atom. The Morgan fingerprint density at radius 1 is 1.23 bits per heavy atom. The van der Waals surface area contributed by atoms with Crippen LogP contribution in [-0.4, -0.2) is 11.3 Å². The summed E-state index contributed by atoms with van der Waals surface area (Å²) in [5, 5.41) is 8.08. The summed E-state index contributed by atoms with van der Waals surface area (Å²) in [5.74, 6) is 0.215. The highest BCUT2D eigenvalue weighted by molar-refractivity contribution is 6.64. The Kier molecular flexibility index (Phi) is 4.97. The molecule has 1 atom stereocenters. The first kappa shape index (κ1) is 15.8. The Hall–Kier alpha value is -2.58. The molecule has 0 bridgehead atoms. The van der Waals surface area contributed by atoms with Crippen LogP contribution in [0, 0.1) is 17.1 Å². The second-order valence-corrected chi connectivity index (χ2v) is 4.77.